The Morgan fingerprint density at radius 3 is 1.44 bits per heavy atom. The van der Waals surface area contributed by atoms with Crippen LogP contribution in [0.2, 0.25) is 0 Å². The van der Waals surface area contributed by atoms with E-state index in [0.29, 0.717) is 0 Å². The molecular formula is C58H36N4. The average molecular weight is 789 g/mol. The predicted molar refractivity (Wildman–Crippen MR) is 262 cm³/mol. The van der Waals surface area contributed by atoms with Gasteiger partial charge in [-0.25, -0.2) is 9.20 Å². The number of hydrogen-bond acceptors (Lipinski definition) is 1. The minimum atomic E-state index is 1.08. The zero-order chi connectivity index (χ0) is 40.5. The first-order valence-electron chi connectivity index (χ1n) is 21.3. The van der Waals surface area contributed by atoms with Crippen molar-refractivity contribution in [2.24, 2.45) is 0 Å². The second kappa shape index (κ2) is 12.6. The number of anilines is 3. The molecule has 0 radical (unpaired) electrons. The Labute approximate surface area is 356 Å². The van der Waals surface area contributed by atoms with Crippen LogP contribution < -0.4 is 4.90 Å². The highest BCUT2D eigenvalue weighted by Gasteiger charge is 2.27. The summed E-state index contributed by atoms with van der Waals surface area (Å²) in [4.78, 5) is 2.46. The van der Waals surface area contributed by atoms with E-state index < -0.39 is 0 Å². The van der Waals surface area contributed by atoms with Gasteiger partial charge >= 0.3 is 0 Å². The summed E-state index contributed by atoms with van der Waals surface area (Å²) in [5.74, 6) is 0. The molecule has 0 unspecified atom stereocenters. The Morgan fingerprint density at radius 2 is 0.790 bits per heavy atom. The van der Waals surface area contributed by atoms with Crippen LogP contribution in [0.25, 0.3) is 104 Å². The molecule has 0 bridgehead atoms. The predicted octanol–water partition coefficient (Wildman–Crippen LogP) is 15.7. The maximum absolute atomic E-state index is 2.52. The zero-order valence-electron chi connectivity index (χ0n) is 33.6. The summed E-state index contributed by atoms with van der Waals surface area (Å²) in [5.41, 5.74) is 11.3. The fraction of sp³-hybridized carbons (Fsp3) is 0. The van der Waals surface area contributed by atoms with E-state index in [1.807, 2.05) is 0 Å². The van der Waals surface area contributed by atoms with Crippen LogP contribution in [0.4, 0.5) is 17.1 Å². The van der Waals surface area contributed by atoms with E-state index in [2.05, 4.69) is 237 Å². The maximum atomic E-state index is 2.52. The lowest BCUT2D eigenvalue weighted by atomic mass is 10.0. The maximum Gasteiger partial charge on any atom is 0.0958 e. The summed E-state index contributed by atoms with van der Waals surface area (Å²) in [6.45, 7) is 0. The Morgan fingerprint density at radius 1 is 0.290 bits per heavy atom. The van der Waals surface area contributed by atoms with E-state index in [1.54, 1.807) is 0 Å². The van der Waals surface area contributed by atoms with Gasteiger partial charge in [0.1, 0.15) is 0 Å². The van der Waals surface area contributed by atoms with Gasteiger partial charge in [0.15, 0.2) is 0 Å². The number of hydrogen-bond donors (Lipinski definition) is 0. The monoisotopic (exact) mass is 788 g/mol. The minimum Gasteiger partial charge on any atom is -0.310 e. The zero-order valence-corrected chi connectivity index (χ0v) is 33.6. The second-order valence-electron chi connectivity index (χ2n) is 16.7. The number of para-hydroxylation sites is 2. The summed E-state index contributed by atoms with van der Waals surface area (Å²) in [6.07, 6.45) is 0. The molecule has 62 heavy (non-hydrogen) atoms. The van der Waals surface area contributed by atoms with Gasteiger partial charge in [-0.2, -0.15) is 0 Å². The molecule has 12 aromatic rings. The van der Waals surface area contributed by atoms with Crippen molar-refractivity contribution in [2.75, 3.05) is 4.90 Å². The van der Waals surface area contributed by atoms with E-state index in [-0.39, 0.29) is 0 Å². The lowest BCUT2D eigenvalue weighted by molar-refractivity contribution is 0.838. The highest BCUT2D eigenvalue weighted by Crippen LogP contribution is 2.47. The molecule has 0 amide bonds. The van der Waals surface area contributed by atoms with E-state index in [4.69, 9.17) is 0 Å². The van der Waals surface area contributed by atoms with Gasteiger partial charge in [0.2, 0.25) is 0 Å². The molecule has 288 valence electrons. The van der Waals surface area contributed by atoms with E-state index in [9.17, 15) is 0 Å². The van der Waals surface area contributed by atoms with Crippen molar-refractivity contribution >= 4 is 109 Å². The number of fused-ring (bicyclic) bond motifs is 11. The summed E-state index contributed by atoms with van der Waals surface area (Å²) in [7, 11) is 0. The second-order valence-corrected chi connectivity index (χ2v) is 16.7. The molecule has 0 aliphatic carbocycles. The van der Waals surface area contributed by atoms with Crippen molar-refractivity contribution in [3.8, 4) is 11.4 Å². The lowest BCUT2D eigenvalue weighted by Gasteiger charge is -2.31. The van der Waals surface area contributed by atoms with Crippen molar-refractivity contribution < 1.29 is 0 Å². The van der Waals surface area contributed by atoms with E-state index in [0.717, 1.165) is 45.0 Å². The Balaban J connectivity index is 1.22. The van der Waals surface area contributed by atoms with Gasteiger partial charge in [-0.3, -0.25) is 0 Å². The minimum absolute atomic E-state index is 1.08. The molecule has 0 saturated heterocycles. The molecule has 14 rings (SSSR count). The van der Waals surface area contributed by atoms with E-state index in [1.165, 1.54) is 75.7 Å². The molecule has 0 saturated carbocycles. The van der Waals surface area contributed by atoms with Crippen LogP contribution in [0.1, 0.15) is 0 Å². The summed E-state index contributed by atoms with van der Waals surface area (Å²) in [6, 6.07) is 80.8. The molecule has 4 nitrogen and oxygen atoms in total. The topological polar surface area (TPSA) is 17.5 Å². The first-order chi connectivity index (χ1) is 30.7. The molecule has 2 aliphatic heterocycles. The molecule has 0 spiro atoms. The van der Waals surface area contributed by atoms with Gasteiger partial charge in [0, 0.05) is 44.3 Å². The van der Waals surface area contributed by atoms with Crippen LogP contribution in [-0.4, -0.2) is 13.8 Å². The molecule has 1 aromatic heterocycles. The van der Waals surface area contributed by atoms with Gasteiger partial charge in [0.05, 0.1) is 33.3 Å². The molecule has 11 aromatic carbocycles. The number of aromatic nitrogens is 3. The van der Waals surface area contributed by atoms with Crippen molar-refractivity contribution in [1.82, 2.24) is 13.8 Å². The SMILES string of the molecule is c1ccc2cc(N(c3ccc4ccccc4c3)c3cc4c5c(c3)n(-c3ccc6ccccc6c3)c3cc6ccccc6cc3n-5n3c5ccccc5c5cccc4c53)ccc2c1. The Kier molecular flexibility index (Phi) is 6.80. The first kappa shape index (κ1) is 33.5. The quantitative estimate of drug-likeness (QED) is 0.128. The van der Waals surface area contributed by atoms with Crippen LogP contribution in [0, 0.1) is 0 Å². The summed E-state index contributed by atoms with van der Waals surface area (Å²) >= 11 is 0. The Hall–Kier alpha value is -8.34. The van der Waals surface area contributed by atoms with Gasteiger partial charge in [-0.15, -0.1) is 0 Å². The highest BCUT2D eigenvalue weighted by molar-refractivity contribution is 6.21. The Bertz CT molecular complexity index is 4040. The van der Waals surface area contributed by atoms with Crippen molar-refractivity contribution in [3.63, 3.8) is 0 Å². The molecule has 3 heterocycles. The largest absolute Gasteiger partial charge is 0.310 e. The molecule has 4 heteroatoms. The van der Waals surface area contributed by atoms with Gasteiger partial charge in [0.25, 0.3) is 0 Å². The third-order valence-electron chi connectivity index (χ3n) is 13.2. The molecule has 2 aliphatic rings. The number of benzene rings is 11. The average Bonchev–Trinajstić information content (AvgIpc) is 3.67. The fourth-order valence-corrected chi connectivity index (χ4v) is 10.4. The van der Waals surface area contributed by atoms with Crippen molar-refractivity contribution in [1.29, 1.82) is 0 Å². The van der Waals surface area contributed by atoms with Crippen LogP contribution in [-0.2, 0) is 0 Å². The molecular weight excluding hydrogens is 753 g/mol. The molecule has 0 fully saturated rings. The van der Waals surface area contributed by atoms with Crippen LogP contribution >= 0.6 is 0 Å². The van der Waals surface area contributed by atoms with Crippen LogP contribution in [0.3, 0.4) is 0 Å². The normalized spacial score (nSPS) is 12.2. The smallest absolute Gasteiger partial charge is 0.0958 e. The molecule has 0 N–H and O–H groups in total. The third kappa shape index (κ3) is 4.72. The summed E-state index contributed by atoms with van der Waals surface area (Å²) < 4.78 is 7.52. The third-order valence-corrected chi connectivity index (χ3v) is 13.2. The highest BCUT2D eigenvalue weighted by atomic mass is 15.4. The number of rotatable bonds is 4. The van der Waals surface area contributed by atoms with Gasteiger partial charge in [-0.1, -0.05) is 152 Å². The van der Waals surface area contributed by atoms with Gasteiger partial charge < -0.3 is 9.47 Å². The summed E-state index contributed by atoms with van der Waals surface area (Å²) in [5, 5.41) is 14.6. The van der Waals surface area contributed by atoms with Crippen LogP contribution in [0.5, 0.6) is 0 Å². The van der Waals surface area contributed by atoms with E-state index >= 15 is 0 Å². The fourth-order valence-electron chi connectivity index (χ4n) is 10.4. The van der Waals surface area contributed by atoms with Gasteiger partial charge in [-0.05, 0) is 110 Å². The van der Waals surface area contributed by atoms with Crippen molar-refractivity contribution in [2.45, 2.75) is 0 Å². The van der Waals surface area contributed by atoms with Crippen molar-refractivity contribution in [3.05, 3.63) is 218 Å². The standard InChI is InChI=1S/C58H36N4/c1-4-15-40-30-45(27-24-37(40)12-1)59(46-28-25-38-13-2-5-16-41(38)31-46)48-35-52-51-22-11-21-50-49-20-9-10-23-53(49)61(57(50)51)62-55-34-44-19-8-7-18-43(44)33-54(55)60(56(36-48)58(52)62)47-29-26-39-14-3-6-17-42(39)32-47/h1-36H. The molecule has 0 atom stereocenters. The first-order valence-corrected chi connectivity index (χ1v) is 21.3. The number of nitrogens with zero attached hydrogens (tertiary/aromatic N) is 4. The van der Waals surface area contributed by atoms with Crippen LogP contribution in [0.15, 0.2) is 218 Å². The lowest BCUT2D eigenvalue weighted by Crippen LogP contribution is -2.18.